The highest BCUT2D eigenvalue weighted by Gasteiger charge is 2.44. The Kier molecular flexibility index (Phi) is 8.48. The molecule has 2 fully saturated rings. The highest BCUT2D eigenvalue weighted by Crippen LogP contribution is 2.47. The number of nitrogens with one attached hydrogen (secondary N) is 2. The van der Waals surface area contributed by atoms with E-state index in [0.29, 0.717) is 19.0 Å². The summed E-state index contributed by atoms with van der Waals surface area (Å²) in [6.07, 6.45) is 4.32. The molecule has 1 heterocycles. The van der Waals surface area contributed by atoms with E-state index in [4.69, 9.17) is 4.74 Å². The van der Waals surface area contributed by atoms with Crippen LogP contribution in [0.1, 0.15) is 31.2 Å². The molecule has 1 aliphatic heterocycles. The Balaban J connectivity index is 0.00000280. The van der Waals surface area contributed by atoms with Crippen molar-refractivity contribution in [1.29, 1.82) is 0 Å². The first kappa shape index (κ1) is 22.9. The Labute approximate surface area is 183 Å². The summed E-state index contributed by atoms with van der Waals surface area (Å²) in [5.41, 5.74) is 0.956. The third-order valence-electron chi connectivity index (χ3n) is 5.28. The second kappa shape index (κ2) is 10.4. The fraction of sp³-hybridized carbons (Fsp3) is 0.600. The zero-order valence-electron chi connectivity index (χ0n) is 16.5. The number of amides is 1. The minimum Gasteiger partial charge on any atom is -0.376 e. The monoisotopic (exact) mass is 504 g/mol. The Bertz CT molecular complexity index is 689. The Morgan fingerprint density at radius 2 is 2.14 bits per heavy atom. The van der Waals surface area contributed by atoms with E-state index in [-0.39, 0.29) is 53.8 Å². The molecule has 1 aliphatic carbocycles. The van der Waals surface area contributed by atoms with Crippen LogP contribution in [0.5, 0.6) is 0 Å². The van der Waals surface area contributed by atoms with Gasteiger partial charge in [0.1, 0.15) is 12.4 Å². The van der Waals surface area contributed by atoms with E-state index in [0.717, 1.165) is 37.9 Å². The molecule has 2 N–H and O–H groups in total. The van der Waals surface area contributed by atoms with Gasteiger partial charge in [-0.1, -0.05) is 12.1 Å². The third kappa shape index (κ3) is 6.30. The van der Waals surface area contributed by atoms with Crippen LogP contribution in [0, 0.1) is 5.82 Å². The van der Waals surface area contributed by atoms with Gasteiger partial charge < -0.3 is 20.3 Å². The van der Waals surface area contributed by atoms with Gasteiger partial charge in [0.05, 0.1) is 6.10 Å². The van der Waals surface area contributed by atoms with Crippen LogP contribution in [-0.4, -0.2) is 63.2 Å². The first-order valence-electron chi connectivity index (χ1n) is 9.58. The highest BCUT2D eigenvalue weighted by molar-refractivity contribution is 14.0. The van der Waals surface area contributed by atoms with Gasteiger partial charge in [-0.15, -0.1) is 24.0 Å². The van der Waals surface area contributed by atoms with Gasteiger partial charge in [0.2, 0.25) is 5.91 Å². The van der Waals surface area contributed by atoms with Gasteiger partial charge in [-0.05, 0) is 43.4 Å². The van der Waals surface area contributed by atoms with E-state index in [1.54, 1.807) is 26.2 Å². The zero-order chi connectivity index (χ0) is 19.3. The van der Waals surface area contributed by atoms with Gasteiger partial charge >= 0.3 is 0 Å². The largest absolute Gasteiger partial charge is 0.376 e. The lowest BCUT2D eigenvalue weighted by atomic mass is 9.96. The molecule has 156 valence electrons. The average Bonchev–Trinajstić information content (AvgIpc) is 3.26. The number of nitrogens with zero attached hydrogens (tertiary/aromatic N) is 2. The first-order chi connectivity index (χ1) is 13.0. The molecule has 2 aliphatic rings. The van der Waals surface area contributed by atoms with Gasteiger partial charge in [0, 0.05) is 39.2 Å². The summed E-state index contributed by atoms with van der Waals surface area (Å²) in [7, 11) is 3.43. The molecule has 3 rings (SSSR count). The fourth-order valence-electron chi connectivity index (χ4n) is 3.27. The van der Waals surface area contributed by atoms with Crippen molar-refractivity contribution < 1.29 is 13.9 Å². The number of likely N-dealkylation sites (N-methyl/N-ethyl adjacent to an activating group) is 1. The summed E-state index contributed by atoms with van der Waals surface area (Å²) in [4.78, 5) is 17.8. The number of rotatable bonds is 7. The van der Waals surface area contributed by atoms with E-state index in [9.17, 15) is 9.18 Å². The average molecular weight is 504 g/mol. The predicted molar refractivity (Wildman–Crippen MR) is 119 cm³/mol. The maximum atomic E-state index is 13.6. The molecule has 1 atom stereocenters. The van der Waals surface area contributed by atoms with Crippen LogP contribution in [0.15, 0.2) is 29.3 Å². The molecular weight excluding hydrogens is 474 g/mol. The SMILES string of the molecule is CN(C)C(=O)CN=C(NCC1CCCO1)NCC1(c2cccc(F)c2)CC1.I. The molecule has 0 spiro atoms. The smallest absolute Gasteiger partial charge is 0.243 e. The quantitative estimate of drug-likeness (QED) is 0.340. The van der Waals surface area contributed by atoms with E-state index in [2.05, 4.69) is 15.6 Å². The summed E-state index contributed by atoms with van der Waals surface area (Å²) in [5.74, 6) is 0.337. The van der Waals surface area contributed by atoms with Crippen molar-refractivity contribution in [3.05, 3.63) is 35.6 Å². The van der Waals surface area contributed by atoms with Crippen molar-refractivity contribution in [1.82, 2.24) is 15.5 Å². The van der Waals surface area contributed by atoms with Crippen LogP contribution in [0.3, 0.4) is 0 Å². The first-order valence-corrected chi connectivity index (χ1v) is 9.58. The van der Waals surface area contributed by atoms with Gasteiger partial charge in [-0.25, -0.2) is 9.38 Å². The van der Waals surface area contributed by atoms with Crippen molar-refractivity contribution in [2.45, 2.75) is 37.2 Å². The van der Waals surface area contributed by atoms with Gasteiger partial charge in [0.15, 0.2) is 5.96 Å². The molecule has 8 heteroatoms. The lowest BCUT2D eigenvalue weighted by molar-refractivity contribution is -0.127. The second-order valence-electron chi connectivity index (χ2n) is 7.61. The van der Waals surface area contributed by atoms with Crippen LogP contribution in [0.25, 0.3) is 0 Å². The number of carbonyl (C=O) groups excluding carboxylic acids is 1. The van der Waals surface area contributed by atoms with Crippen molar-refractivity contribution >= 4 is 35.8 Å². The van der Waals surface area contributed by atoms with Gasteiger partial charge in [0.25, 0.3) is 0 Å². The summed E-state index contributed by atoms with van der Waals surface area (Å²) < 4.78 is 19.2. The zero-order valence-corrected chi connectivity index (χ0v) is 18.9. The number of guanidine groups is 1. The predicted octanol–water partition coefficient (Wildman–Crippen LogP) is 2.28. The maximum absolute atomic E-state index is 13.6. The van der Waals surface area contributed by atoms with Crippen molar-refractivity contribution in [3.63, 3.8) is 0 Å². The molecule has 0 radical (unpaired) electrons. The summed E-state index contributed by atoms with van der Waals surface area (Å²) in [6, 6.07) is 6.81. The van der Waals surface area contributed by atoms with Crippen LogP contribution in [0.2, 0.25) is 0 Å². The van der Waals surface area contributed by atoms with Gasteiger partial charge in [-0.3, -0.25) is 4.79 Å². The van der Waals surface area contributed by atoms with Crippen LogP contribution < -0.4 is 10.6 Å². The number of carbonyl (C=O) groups is 1. The standard InChI is InChI=1S/C20H29FN4O2.HI/c1-25(2)18(26)13-23-19(22-12-17-7-4-10-27-17)24-14-20(8-9-20)15-5-3-6-16(21)11-15;/h3,5-6,11,17H,4,7-10,12-14H2,1-2H3,(H2,22,23,24);1H. The number of ether oxygens (including phenoxy) is 1. The van der Waals surface area contributed by atoms with Crippen LogP contribution >= 0.6 is 24.0 Å². The minimum atomic E-state index is -0.208. The Hall–Kier alpha value is -1.42. The lowest BCUT2D eigenvalue weighted by Gasteiger charge is -2.20. The van der Waals surface area contributed by atoms with Crippen molar-refractivity contribution in [2.75, 3.05) is 40.3 Å². The number of hydrogen-bond donors (Lipinski definition) is 2. The molecule has 1 aromatic rings. The van der Waals surface area contributed by atoms with E-state index in [1.165, 1.54) is 11.0 Å². The molecule has 1 unspecified atom stereocenters. The lowest BCUT2D eigenvalue weighted by Crippen LogP contribution is -2.44. The van der Waals surface area contributed by atoms with E-state index in [1.807, 2.05) is 6.07 Å². The second-order valence-corrected chi connectivity index (χ2v) is 7.61. The minimum absolute atomic E-state index is 0. The van der Waals surface area contributed by atoms with Crippen LogP contribution in [0.4, 0.5) is 4.39 Å². The number of halogens is 2. The van der Waals surface area contributed by atoms with Crippen molar-refractivity contribution in [2.24, 2.45) is 4.99 Å². The molecule has 0 aromatic heterocycles. The highest BCUT2D eigenvalue weighted by atomic mass is 127. The molecule has 1 amide bonds. The topological polar surface area (TPSA) is 66.0 Å². The molecule has 1 saturated carbocycles. The summed E-state index contributed by atoms with van der Waals surface area (Å²) in [5, 5.41) is 6.64. The van der Waals surface area contributed by atoms with Gasteiger partial charge in [-0.2, -0.15) is 0 Å². The number of hydrogen-bond acceptors (Lipinski definition) is 3. The number of aliphatic imine (C=N–C) groups is 1. The third-order valence-corrected chi connectivity index (χ3v) is 5.28. The van der Waals surface area contributed by atoms with Crippen LogP contribution in [-0.2, 0) is 14.9 Å². The Morgan fingerprint density at radius 1 is 1.36 bits per heavy atom. The van der Waals surface area contributed by atoms with E-state index < -0.39 is 0 Å². The maximum Gasteiger partial charge on any atom is 0.243 e. The molecule has 28 heavy (non-hydrogen) atoms. The molecule has 6 nitrogen and oxygen atoms in total. The molecule has 1 saturated heterocycles. The molecule has 0 bridgehead atoms. The van der Waals surface area contributed by atoms with Crippen molar-refractivity contribution in [3.8, 4) is 0 Å². The molecular formula is C20H30FIN4O2. The fourth-order valence-corrected chi connectivity index (χ4v) is 3.27. The normalized spacial score (nSPS) is 20.2. The summed E-state index contributed by atoms with van der Waals surface area (Å²) in [6.45, 7) is 2.20. The summed E-state index contributed by atoms with van der Waals surface area (Å²) >= 11 is 0. The van der Waals surface area contributed by atoms with E-state index >= 15 is 0 Å². The molecule has 1 aromatic carbocycles. The Morgan fingerprint density at radius 3 is 2.75 bits per heavy atom. The number of benzene rings is 1.